The molecule has 1 aromatic heterocycles. The second-order valence-corrected chi connectivity index (χ2v) is 4.58. The predicted molar refractivity (Wildman–Crippen MR) is 62.3 cm³/mol. The second kappa shape index (κ2) is 5.12. The van der Waals surface area contributed by atoms with Crippen LogP contribution in [0.4, 0.5) is 19.1 Å². The van der Waals surface area contributed by atoms with Gasteiger partial charge in [-0.05, 0) is 24.8 Å². The molecular formula is C12H16F3N3. The van der Waals surface area contributed by atoms with Crippen LogP contribution in [0.1, 0.15) is 31.9 Å². The van der Waals surface area contributed by atoms with Crippen LogP contribution in [0.2, 0.25) is 0 Å². The van der Waals surface area contributed by atoms with Crippen molar-refractivity contribution in [2.45, 2.75) is 32.4 Å². The highest BCUT2D eigenvalue weighted by Crippen LogP contribution is 2.29. The third-order valence-electron chi connectivity index (χ3n) is 3.41. The van der Waals surface area contributed by atoms with Gasteiger partial charge in [0.15, 0.2) is 0 Å². The van der Waals surface area contributed by atoms with Crippen molar-refractivity contribution in [2.24, 2.45) is 5.92 Å². The Labute approximate surface area is 104 Å². The third kappa shape index (κ3) is 2.91. The zero-order valence-electron chi connectivity index (χ0n) is 10.2. The summed E-state index contributed by atoms with van der Waals surface area (Å²) in [7, 11) is 0. The van der Waals surface area contributed by atoms with Crippen LogP contribution in [0.25, 0.3) is 0 Å². The average molecular weight is 259 g/mol. The average Bonchev–Trinajstić information content (AvgIpc) is 2.38. The molecule has 0 radical (unpaired) electrons. The van der Waals surface area contributed by atoms with Gasteiger partial charge in [-0.15, -0.1) is 0 Å². The lowest BCUT2D eigenvalue weighted by Gasteiger charge is -2.31. The zero-order valence-corrected chi connectivity index (χ0v) is 10.2. The van der Waals surface area contributed by atoms with Gasteiger partial charge in [0.1, 0.15) is 5.69 Å². The minimum absolute atomic E-state index is 0.194. The van der Waals surface area contributed by atoms with Crippen LogP contribution in [0, 0.1) is 5.92 Å². The van der Waals surface area contributed by atoms with Gasteiger partial charge in [-0.1, -0.05) is 13.3 Å². The van der Waals surface area contributed by atoms with Gasteiger partial charge >= 0.3 is 6.18 Å². The molecule has 0 saturated carbocycles. The Morgan fingerprint density at radius 1 is 1.33 bits per heavy atom. The van der Waals surface area contributed by atoms with E-state index in [1.807, 2.05) is 4.90 Å². The number of alkyl halides is 3. The van der Waals surface area contributed by atoms with Crippen LogP contribution < -0.4 is 4.90 Å². The van der Waals surface area contributed by atoms with Crippen LogP contribution in [-0.2, 0) is 6.18 Å². The maximum Gasteiger partial charge on any atom is 0.433 e. The Hall–Kier alpha value is -1.33. The molecule has 0 aromatic carbocycles. The first kappa shape index (κ1) is 13.1. The van der Waals surface area contributed by atoms with E-state index in [9.17, 15) is 13.2 Å². The first-order valence-corrected chi connectivity index (χ1v) is 6.16. The van der Waals surface area contributed by atoms with Gasteiger partial charge in [0, 0.05) is 19.3 Å². The van der Waals surface area contributed by atoms with E-state index in [2.05, 4.69) is 16.9 Å². The number of piperidine rings is 1. The monoisotopic (exact) mass is 259 g/mol. The lowest BCUT2D eigenvalue weighted by Crippen LogP contribution is -2.35. The highest BCUT2D eigenvalue weighted by Gasteiger charge is 2.33. The summed E-state index contributed by atoms with van der Waals surface area (Å²) in [6, 6.07) is 0.905. The van der Waals surface area contributed by atoms with Crippen molar-refractivity contribution in [1.29, 1.82) is 0 Å². The second-order valence-electron chi connectivity index (χ2n) is 4.58. The Bertz CT molecular complexity index is 398. The summed E-state index contributed by atoms with van der Waals surface area (Å²) in [6.45, 7) is 3.61. The standard InChI is InChI=1S/C12H16F3N3/c1-2-9-4-7-18(8-5-9)11-16-6-3-10(17-11)12(13,14)15/h3,6,9H,2,4-5,7-8H2,1H3. The number of anilines is 1. The Kier molecular flexibility index (Phi) is 3.73. The van der Waals surface area contributed by atoms with Gasteiger partial charge in [-0.2, -0.15) is 13.2 Å². The van der Waals surface area contributed by atoms with Crippen molar-refractivity contribution in [3.05, 3.63) is 18.0 Å². The Morgan fingerprint density at radius 3 is 2.56 bits per heavy atom. The lowest BCUT2D eigenvalue weighted by atomic mass is 9.95. The fourth-order valence-corrected chi connectivity index (χ4v) is 2.20. The summed E-state index contributed by atoms with van der Waals surface area (Å²) in [5.74, 6) is 0.867. The molecule has 2 heterocycles. The van der Waals surface area contributed by atoms with E-state index in [-0.39, 0.29) is 5.95 Å². The number of aromatic nitrogens is 2. The fourth-order valence-electron chi connectivity index (χ4n) is 2.20. The molecule has 100 valence electrons. The van der Waals surface area contributed by atoms with Crippen LogP contribution in [0.15, 0.2) is 12.3 Å². The molecule has 0 spiro atoms. The first-order chi connectivity index (χ1) is 8.50. The number of rotatable bonds is 2. The van der Waals surface area contributed by atoms with Crippen molar-refractivity contribution >= 4 is 5.95 Å². The zero-order chi connectivity index (χ0) is 13.2. The van der Waals surface area contributed by atoms with Crippen LogP contribution in [-0.4, -0.2) is 23.1 Å². The Balaban J connectivity index is 2.10. The molecule has 0 bridgehead atoms. The molecule has 0 atom stereocenters. The maximum absolute atomic E-state index is 12.5. The van der Waals surface area contributed by atoms with Gasteiger partial charge in [0.2, 0.25) is 5.95 Å². The van der Waals surface area contributed by atoms with Crippen LogP contribution in [0.5, 0.6) is 0 Å². The summed E-state index contributed by atoms with van der Waals surface area (Å²) >= 11 is 0. The van der Waals surface area contributed by atoms with Gasteiger partial charge < -0.3 is 4.90 Å². The third-order valence-corrected chi connectivity index (χ3v) is 3.41. The Morgan fingerprint density at radius 2 is 2.00 bits per heavy atom. The quantitative estimate of drug-likeness (QED) is 0.817. The minimum atomic E-state index is -4.40. The van der Waals surface area contributed by atoms with Crippen molar-refractivity contribution in [3.63, 3.8) is 0 Å². The van der Waals surface area contributed by atoms with E-state index in [4.69, 9.17) is 0 Å². The highest BCUT2D eigenvalue weighted by molar-refractivity contribution is 5.31. The molecule has 0 aliphatic carbocycles. The van der Waals surface area contributed by atoms with E-state index in [1.165, 1.54) is 6.20 Å². The summed E-state index contributed by atoms with van der Waals surface area (Å²) < 4.78 is 37.6. The molecular weight excluding hydrogens is 243 g/mol. The maximum atomic E-state index is 12.5. The fraction of sp³-hybridized carbons (Fsp3) is 0.667. The van der Waals surface area contributed by atoms with Crippen molar-refractivity contribution in [1.82, 2.24) is 9.97 Å². The summed E-state index contributed by atoms with van der Waals surface area (Å²) in [6.07, 6.45) is -0.111. The number of halogens is 3. The smallest absolute Gasteiger partial charge is 0.341 e. The normalized spacial score (nSPS) is 18.1. The van der Waals surface area contributed by atoms with Crippen molar-refractivity contribution in [3.8, 4) is 0 Å². The minimum Gasteiger partial charge on any atom is -0.341 e. The topological polar surface area (TPSA) is 29.0 Å². The van der Waals surface area contributed by atoms with Gasteiger partial charge in [0.05, 0.1) is 0 Å². The molecule has 18 heavy (non-hydrogen) atoms. The van der Waals surface area contributed by atoms with Crippen molar-refractivity contribution < 1.29 is 13.2 Å². The molecule has 0 N–H and O–H groups in total. The van der Waals surface area contributed by atoms with Crippen molar-refractivity contribution in [2.75, 3.05) is 18.0 Å². The molecule has 6 heteroatoms. The van der Waals surface area contributed by atoms with E-state index in [1.54, 1.807) is 0 Å². The molecule has 1 saturated heterocycles. The summed E-state index contributed by atoms with van der Waals surface area (Å²) in [4.78, 5) is 9.39. The van der Waals surface area contributed by atoms with E-state index in [0.29, 0.717) is 5.92 Å². The van der Waals surface area contributed by atoms with Gasteiger partial charge in [-0.25, -0.2) is 9.97 Å². The summed E-state index contributed by atoms with van der Waals surface area (Å²) in [5, 5.41) is 0. The molecule has 1 aromatic rings. The number of hydrogen-bond donors (Lipinski definition) is 0. The van der Waals surface area contributed by atoms with Gasteiger partial charge in [-0.3, -0.25) is 0 Å². The highest BCUT2D eigenvalue weighted by atomic mass is 19.4. The van der Waals surface area contributed by atoms with E-state index < -0.39 is 11.9 Å². The first-order valence-electron chi connectivity index (χ1n) is 6.16. The van der Waals surface area contributed by atoms with Crippen LogP contribution >= 0.6 is 0 Å². The molecule has 1 aliphatic rings. The molecule has 1 aliphatic heterocycles. The molecule has 3 nitrogen and oxygen atoms in total. The number of nitrogens with zero attached hydrogens (tertiary/aromatic N) is 3. The molecule has 0 amide bonds. The number of hydrogen-bond acceptors (Lipinski definition) is 3. The predicted octanol–water partition coefficient (Wildman–Crippen LogP) is 3.12. The summed E-state index contributed by atoms with van der Waals surface area (Å²) in [5.41, 5.74) is -0.870. The van der Waals surface area contributed by atoms with E-state index in [0.717, 1.165) is 38.4 Å². The van der Waals surface area contributed by atoms with Gasteiger partial charge in [0.25, 0.3) is 0 Å². The largest absolute Gasteiger partial charge is 0.433 e. The molecule has 0 unspecified atom stereocenters. The van der Waals surface area contributed by atoms with Crippen LogP contribution in [0.3, 0.4) is 0 Å². The molecule has 1 fully saturated rings. The SMILES string of the molecule is CCC1CCN(c2nccc(C(F)(F)F)n2)CC1. The molecule has 2 rings (SSSR count). The van der Waals surface area contributed by atoms with E-state index >= 15 is 0 Å². The lowest BCUT2D eigenvalue weighted by molar-refractivity contribution is -0.141.